The Kier molecular flexibility index (Phi) is 3.85. The molecule has 0 saturated heterocycles. The monoisotopic (exact) mass is 376 g/mol. The summed E-state index contributed by atoms with van der Waals surface area (Å²) in [6.45, 7) is 0. The first-order valence-electron chi connectivity index (χ1n) is 6.76. The van der Waals surface area contributed by atoms with E-state index in [1.807, 2.05) is 0 Å². The van der Waals surface area contributed by atoms with E-state index < -0.39 is 51.7 Å². The first kappa shape index (κ1) is 17.6. The van der Waals surface area contributed by atoms with E-state index in [1.165, 1.54) is 0 Å². The van der Waals surface area contributed by atoms with Gasteiger partial charge >= 0.3 is 18.0 Å². The van der Waals surface area contributed by atoms with Crippen molar-refractivity contribution >= 4 is 11.0 Å². The highest BCUT2D eigenvalue weighted by molar-refractivity contribution is 5.76. The van der Waals surface area contributed by atoms with Crippen molar-refractivity contribution in [2.75, 3.05) is 0 Å². The molecular formula is C14H6F6N4O2. The van der Waals surface area contributed by atoms with Gasteiger partial charge in [-0.2, -0.15) is 26.3 Å². The van der Waals surface area contributed by atoms with E-state index in [0.717, 1.165) is 24.4 Å². The molecule has 3 aromatic heterocycles. The summed E-state index contributed by atoms with van der Waals surface area (Å²) in [5, 5.41) is -0.491. The van der Waals surface area contributed by atoms with Gasteiger partial charge in [-0.15, -0.1) is 0 Å². The second-order valence-electron chi connectivity index (χ2n) is 5.03. The van der Waals surface area contributed by atoms with Crippen LogP contribution in [0.5, 0.6) is 0 Å². The summed E-state index contributed by atoms with van der Waals surface area (Å²) >= 11 is 0. The number of hydrogen-bond donors (Lipinski definition) is 1. The number of pyridine rings is 2. The van der Waals surface area contributed by atoms with Gasteiger partial charge in [-0.05, 0) is 24.3 Å². The van der Waals surface area contributed by atoms with Gasteiger partial charge in [0, 0.05) is 6.20 Å². The fraction of sp³-hybridized carbons (Fsp3) is 0.143. The smallest absolute Gasteiger partial charge is 0.273 e. The van der Waals surface area contributed by atoms with Gasteiger partial charge in [-0.3, -0.25) is 9.78 Å². The zero-order valence-corrected chi connectivity index (χ0v) is 12.3. The van der Waals surface area contributed by atoms with E-state index >= 15 is 0 Å². The molecule has 0 radical (unpaired) electrons. The van der Waals surface area contributed by atoms with E-state index in [0.29, 0.717) is 6.07 Å². The van der Waals surface area contributed by atoms with Crippen LogP contribution in [0, 0.1) is 0 Å². The lowest BCUT2D eigenvalue weighted by atomic mass is 10.2. The first-order valence-corrected chi connectivity index (χ1v) is 6.76. The molecule has 3 rings (SSSR count). The Balaban J connectivity index is 2.48. The van der Waals surface area contributed by atoms with Crippen LogP contribution in [0.1, 0.15) is 11.4 Å². The van der Waals surface area contributed by atoms with E-state index in [9.17, 15) is 35.9 Å². The minimum Gasteiger partial charge on any atom is -0.273 e. The van der Waals surface area contributed by atoms with Crippen LogP contribution >= 0.6 is 0 Å². The molecule has 0 aliphatic carbocycles. The van der Waals surface area contributed by atoms with Crippen molar-refractivity contribution in [3.8, 4) is 5.69 Å². The highest BCUT2D eigenvalue weighted by Crippen LogP contribution is 2.33. The highest BCUT2D eigenvalue weighted by Gasteiger charge is 2.37. The molecule has 0 aliphatic heterocycles. The molecule has 0 saturated carbocycles. The average molecular weight is 376 g/mol. The molecule has 0 unspecified atom stereocenters. The fourth-order valence-corrected chi connectivity index (χ4v) is 2.29. The maximum atomic E-state index is 13.2. The van der Waals surface area contributed by atoms with Crippen molar-refractivity contribution in [2.45, 2.75) is 12.4 Å². The van der Waals surface area contributed by atoms with Crippen molar-refractivity contribution in [3.05, 3.63) is 62.7 Å². The quantitative estimate of drug-likeness (QED) is 0.662. The van der Waals surface area contributed by atoms with E-state index in [4.69, 9.17) is 0 Å². The Hall–Kier alpha value is -3.18. The number of aromatic nitrogens is 4. The second kappa shape index (κ2) is 5.68. The van der Waals surface area contributed by atoms with Gasteiger partial charge in [0.2, 0.25) is 0 Å². The van der Waals surface area contributed by atoms with E-state index in [1.54, 1.807) is 4.98 Å². The number of alkyl halides is 6. The molecule has 136 valence electrons. The van der Waals surface area contributed by atoms with Crippen molar-refractivity contribution in [3.63, 3.8) is 0 Å². The van der Waals surface area contributed by atoms with Crippen molar-refractivity contribution < 1.29 is 26.3 Å². The summed E-state index contributed by atoms with van der Waals surface area (Å²) in [7, 11) is 0. The number of rotatable bonds is 1. The van der Waals surface area contributed by atoms with Gasteiger partial charge in [-0.1, -0.05) is 0 Å². The SMILES string of the molecule is O=c1[nH]c(=O)n(-c2cccnc2C(F)(F)F)c2nc(C(F)(F)F)ccc12. The van der Waals surface area contributed by atoms with Gasteiger partial charge < -0.3 is 0 Å². The van der Waals surface area contributed by atoms with Gasteiger partial charge in [-0.25, -0.2) is 19.3 Å². The number of hydrogen-bond acceptors (Lipinski definition) is 4. The fourth-order valence-electron chi connectivity index (χ4n) is 2.29. The summed E-state index contributed by atoms with van der Waals surface area (Å²) in [5.41, 5.74) is -7.19. The molecular weight excluding hydrogens is 370 g/mol. The van der Waals surface area contributed by atoms with Crippen LogP contribution < -0.4 is 11.2 Å². The summed E-state index contributed by atoms with van der Waals surface area (Å²) in [5.74, 6) is 0. The molecule has 12 heteroatoms. The Morgan fingerprint density at radius 2 is 1.65 bits per heavy atom. The Morgan fingerprint density at radius 1 is 0.962 bits per heavy atom. The third-order valence-corrected chi connectivity index (χ3v) is 3.34. The predicted octanol–water partition coefficient (Wildman–Crippen LogP) is 2.51. The van der Waals surface area contributed by atoms with Crippen molar-refractivity contribution in [1.82, 2.24) is 19.5 Å². The van der Waals surface area contributed by atoms with Crippen LogP contribution in [0.15, 0.2) is 40.1 Å². The predicted molar refractivity (Wildman–Crippen MR) is 75.8 cm³/mol. The molecule has 1 N–H and O–H groups in total. The van der Waals surface area contributed by atoms with Gasteiger partial charge in [0.1, 0.15) is 5.69 Å². The summed E-state index contributed by atoms with van der Waals surface area (Å²) < 4.78 is 78.4. The lowest BCUT2D eigenvalue weighted by Crippen LogP contribution is -2.32. The lowest BCUT2D eigenvalue weighted by Gasteiger charge is -2.15. The highest BCUT2D eigenvalue weighted by atomic mass is 19.4. The molecule has 0 atom stereocenters. The molecule has 6 nitrogen and oxygen atoms in total. The zero-order chi connectivity index (χ0) is 19.3. The topological polar surface area (TPSA) is 80.6 Å². The molecule has 0 amide bonds. The van der Waals surface area contributed by atoms with Crippen LogP contribution in [0.25, 0.3) is 16.7 Å². The number of aromatic amines is 1. The van der Waals surface area contributed by atoms with Gasteiger partial charge in [0.15, 0.2) is 11.3 Å². The lowest BCUT2D eigenvalue weighted by molar-refractivity contribution is -0.142. The Labute approximate surface area is 138 Å². The zero-order valence-electron chi connectivity index (χ0n) is 12.3. The number of H-pyrrole nitrogens is 1. The molecule has 3 aromatic rings. The van der Waals surface area contributed by atoms with Crippen molar-refractivity contribution in [1.29, 1.82) is 0 Å². The largest absolute Gasteiger partial charge is 0.435 e. The minimum atomic E-state index is -5.00. The number of halogens is 6. The van der Waals surface area contributed by atoms with E-state index in [-0.39, 0.29) is 4.57 Å². The molecule has 0 bridgehead atoms. The molecule has 0 aromatic carbocycles. The van der Waals surface area contributed by atoms with Crippen LogP contribution in [0.2, 0.25) is 0 Å². The maximum absolute atomic E-state index is 13.2. The molecule has 3 heterocycles. The van der Waals surface area contributed by atoms with Gasteiger partial charge in [0.25, 0.3) is 5.56 Å². The molecule has 26 heavy (non-hydrogen) atoms. The summed E-state index contributed by atoms with van der Waals surface area (Å²) in [6.07, 6.45) is -9.13. The Bertz CT molecular complexity index is 1110. The minimum absolute atomic E-state index is 0.238. The molecule has 0 aliphatic rings. The first-order chi connectivity index (χ1) is 12.0. The molecule has 0 fully saturated rings. The van der Waals surface area contributed by atoms with E-state index in [2.05, 4.69) is 9.97 Å². The number of nitrogens with one attached hydrogen (secondary N) is 1. The second-order valence-corrected chi connectivity index (χ2v) is 5.03. The van der Waals surface area contributed by atoms with Crippen LogP contribution in [0.3, 0.4) is 0 Å². The third kappa shape index (κ3) is 2.93. The average Bonchev–Trinajstić information content (AvgIpc) is 2.53. The van der Waals surface area contributed by atoms with Crippen LogP contribution in [-0.2, 0) is 12.4 Å². The number of nitrogens with zero attached hydrogens (tertiary/aromatic N) is 3. The molecule has 0 spiro atoms. The van der Waals surface area contributed by atoms with Crippen LogP contribution in [-0.4, -0.2) is 19.5 Å². The Morgan fingerprint density at radius 3 is 2.27 bits per heavy atom. The van der Waals surface area contributed by atoms with Gasteiger partial charge in [0.05, 0.1) is 11.1 Å². The number of fused-ring (bicyclic) bond motifs is 1. The summed E-state index contributed by atoms with van der Waals surface area (Å²) in [6, 6.07) is 3.10. The third-order valence-electron chi connectivity index (χ3n) is 3.34. The standard InChI is InChI=1S/C14H6F6N4O2/c15-13(16,17)8-4-3-6-10(22-8)24(12(26)23-11(6)25)7-2-1-5-21-9(7)14(18,19)20/h1-5H,(H,23,25,26). The normalized spacial score (nSPS) is 12.5. The maximum Gasteiger partial charge on any atom is 0.435 e. The van der Waals surface area contributed by atoms with Crippen LogP contribution in [0.4, 0.5) is 26.3 Å². The summed E-state index contributed by atoms with van der Waals surface area (Å²) in [4.78, 5) is 32.0. The van der Waals surface area contributed by atoms with Crippen molar-refractivity contribution in [2.24, 2.45) is 0 Å².